The van der Waals surface area contributed by atoms with E-state index >= 15 is 0 Å². The van der Waals surface area contributed by atoms with E-state index in [1.54, 1.807) is 12.1 Å². The Labute approximate surface area is 138 Å². The highest BCUT2D eigenvalue weighted by molar-refractivity contribution is 7.90. The van der Waals surface area contributed by atoms with Crippen molar-refractivity contribution in [1.82, 2.24) is 4.57 Å². The maximum absolute atomic E-state index is 12.4. The molecule has 128 valence electrons. The molecule has 2 N–H and O–H groups in total. The summed E-state index contributed by atoms with van der Waals surface area (Å²) in [5.74, 6) is -0.0620. The number of halogens is 1. The quantitative estimate of drug-likeness (QED) is 0.815. The van der Waals surface area contributed by atoms with Crippen molar-refractivity contribution in [3.8, 4) is 5.75 Å². The van der Waals surface area contributed by atoms with Crippen LogP contribution >= 0.6 is 0 Å². The predicted molar refractivity (Wildman–Crippen MR) is 88.1 cm³/mol. The monoisotopic (exact) mass is 352 g/mol. The molecule has 0 amide bonds. The molecule has 0 radical (unpaired) electrons. The van der Waals surface area contributed by atoms with Crippen LogP contribution in [0, 0.1) is 0 Å². The van der Waals surface area contributed by atoms with Crippen molar-refractivity contribution >= 4 is 9.84 Å². The fourth-order valence-corrected chi connectivity index (χ4v) is 3.16. The number of sulfone groups is 1. The first-order valence-corrected chi connectivity index (χ1v) is 8.71. The number of nitrogens with zero attached hydrogens (tertiary/aromatic N) is 1. The molecular formula is C16H17FN2O4S. The molecule has 0 fully saturated rings. The molecule has 0 atom stereocenters. The minimum Gasteiger partial charge on any atom is -0.489 e. The van der Waals surface area contributed by atoms with Gasteiger partial charge in [-0.3, -0.25) is 4.79 Å². The van der Waals surface area contributed by atoms with Gasteiger partial charge in [0.25, 0.3) is 5.56 Å². The van der Waals surface area contributed by atoms with Crippen LogP contribution < -0.4 is 16.0 Å². The van der Waals surface area contributed by atoms with Crippen LogP contribution in [-0.2, 0) is 15.7 Å². The van der Waals surface area contributed by atoms with Crippen LogP contribution in [0.25, 0.3) is 0 Å². The highest BCUT2D eigenvalue weighted by atomic mass is 32.2. The lowest BCUT2D eigenvalue weighted by atomic mass is 10.3. The third-order valence-corrected chi connectivity index (χ3v) is 4.84. The lowest BCUT2D eigenvalue weighted by molar-refractivity contribution is 0.347. The summed E-state index contributed by atoms with van der Waals surface area (Å²) >= 11 is 0. The number of nitrogens with two attached hydrogens (primary N) is 1. The zero-order chi connectivity index (χ0) is 17.6. The molecule has 1 aromatic heterocycles. The van der Waals surface area contributed by atoms with Crippen LogP contribution in [0.1, 0.15) is 0 Å². The molecule has 2 aromatic rings. The van der Waals surface area contributed by atoms with Crippen molar-refractivity contribution in [3.63, 3.8) is 0 Å². The summed E-state index contributed by atoms with van der Waals surface area (Å²) in [6.45, 7) is 0.0211. The Morgan fingerprint density at radius 1 is 1.21 bits per heavy atom. The Balaban J connectivity index is 2.12. The van der Waals surface area contributed by atoms with E-state index in [1.807, 2.05) is 0 Å². The molecule has 8 heteroatoms. The highest BCUT2D eigenvalue weighted by Gasteiger charge is 2.15. The zero-order valence-corrected chi connectivity index (χ0v) is 13.6. The van der Waals surface area contributed by atoms with Crippen molar-refractivity contribution in [3.05, 3.63) is 70.9 Å². The van der Waals surface area contributed by atoms with Crippen molar-refractivity contribution in [2.45, 2.75) is 10.8 Å². The van der Waals surface area contributed by atoms with E-state index < -0.39 is 21.3 Å². The molecule has 0 aliphatic carbocycles. The smallest absolute Gasteiger partial charge is 0.251 e. The molecule has 0 aliphatic heterocycles. The van der Waals surface area contributed by atoms with Gasteiger partial charge in [0.15, 0.2) is 9.84 Å². The van der Waals surface area contributed by atoms with E-state index in [9.17, 15) is 17.6 Å². The van der Waals surface area contributed by atoms with Crippen molar-refractivity contribution < 1.29 is 17.5 Å². The average molecular weight is 352 g/mol. The first-order chi connectivity index (χ1) is 11.5. The molecule has 0 bridgehead atoms. The van der Waals surface area contributed by atoms with Gasteiger partial charge in [0.2, 0.25) is 0 Å². The maximum Gasteiger partial charge on any atom is 0.251 e. The van der Waals surface area contributed by atoms with Crippen LogP contribution in [0.3, 0.4) is 0 Å². The van der Waals surface area contributed by atoms with Crippen LogP contribution in [0.15, 0.2) is 70.3 Å². The summed E-state index contributed by atoms with van der Waals surface area (Å²) in [4.78, 5) is 11.7. The van der Waals surface area contributed by atoms with E-state index in [-0.39, 0.29) is 23.6 Å². The maximum atomic E-state index is 12.4. The lowest BCUT2D eigenvalue weighted by Crippen LogP contribution is -2.22. The normalized spacial score (nSPS) is 12.2. The SMILES string of the molecule is NC/C(=C\F)COc1ccc(S(=O)(=O)Cn2ccccc2=O)cc1. The molecule has 1 aromatic carbocycles. The van der Waals surface area contributed by atoms with E-state index in [0.717, 1.165) is 4.57 Å². The molecular weight excluding hydrogens is 335 g/mol. The summed E-state index contributed by atoms with van der Waals surface area (Å²) in [5.41, 5.74) is 5.21. The third kappa shape index (κ3) is 4.53. The minimum absolute atomic E-state index is 0.0154. The summed E-state index contributed by atoms with van der Waals surface area (Å²) in [7, 11) is -3.68. The Morgan fingerprint density at radius 2 is 1.92 bits per heavy atom. The summed E-state index contributed by atoms with van der Waals surface area (Å²) in [6, 6.07) is 10.1. The average Bonchev–Trinajstić information content (AvgIpc) is 2.58. The first kappa shape index (κ1) is 17.9. The molecule has 2 rings (SSSR count). The Morgan fingerprint density at radius 3 is 2.50 bits per heavy atom. The van der Waals surface area contributed by atoms with Crippen molar-refractivity contribution in [1.29, 1.82) is 0 Å². The lowest BCUT2D eigenvalue weighted by Gasteiger charge is -2.09. The largest absolute Gasteiger partial charge is 0.489 e. The van der Waals surface area contributed by atoms with E-state index in [2.05, 4.69) is 0 Å². The molecule has 24 heavy (non-hydrogen) atoms. The fourth-order valence-electron chi connectivity index (χ4n) is 1.88. The van der Waals surface area contributed by atoms with Gasteiger partial charge >= 0.3 is 0 Å². The summed E-state index contributed by atoms with van der Waals surface area (Å²) in [6.07, 6.45) is 1.80. The van der Waals surface area contributed by atoms with Gasteiger partial charge in [-0.2, -0.15) is 0 Å². The second-order valence-corrected chi connectivity index (χ2v) is 6.94. The predicted octanol–water partition coefficient (Wildman–Crippen LogP) is 1.47. The van der Waals surface area contributed by atoms with Gasteiger partial charge in [-0.15, -0.1) is 0 Å². The minimum atomic E-state index is -3.68. The van der Waals surface area contributed by atoms with Gasteiger partial charge in [-0.1, -0.05) is 6.07 Å². The van der Waals surface area contributed by atoms with Gasteiger partial charge < -0.3 is 15.0 Å². The van der Waals surface area contributed by atoms with Gasteiger partial charge in [0.05, 0.1) is 11.2 Å². The van der Waals surface area contributed by atoms with Gasteiger partial charge in [0.1, 0.15) is 18.2 Å². The van der Waals surface area contributed by atoms with Crippen LogP contribution in [0.2, 0.25) is 0 Å². The topological polar surface area (TPSA) is 91.4 Å². The van der Waals surface area contributed by atoms with Crippen LogP contribution in [0.5, 0.6) is 5.75 Å². The second kappa shape index (κ2) is 7.89. The first-order valence-electron chi connectivity index (χ1n) is 7.05. The second-order valence-electron chi connectivity index (χ2n) is 4.98. The molecule has 6 nitrogen and oxygen atoms in total. The molecule has 0 saturated heterocycles. The zero-order valence-electron chi connectivity index (χ0n) is 12.8. The Hall–Kier alpha value is -2.45. The standard InChI is InChI=1S/C16H17FN2O4S/c17-9-13(10-18)11-23-14-4-6-15(7-5-14)24(21,22)12-19-8-2-1-3-16(19)20/h1-9H,10-12,18H2/b13-9+. The number of rotatable bonds is 7. The van der Waals surface area contributed by atoms with Gasteiger partial charge in [0, 0.05) is 24.4 Å². The van der Waals surface area contributed by atoms with Gasteiger partial charge in [-0.25, -0.2) is 12.8 Å². The molecule has 1 heterocycles. The molecule has 0 aliphatic rings. The van der Waals surface area contributed by atoms with E-state index in [0.29, 0.717) is 12.1 Å². The molecule has 0 unspecified atom stereocenters. The van der Waals surface area contributed by atoms with Gasteiger partial charge in [-0.05, 0) is 30.3 Å². The molecule has 0 spiro atoms. The highest BCUT2D eigenvalue weighted by Crippen LogP contribution is 2.18. The number of hydrogen-bond donors (Lipinski definition) is 1. The number of benzene rings is 1. The van der Waals surface area contributed by atoms with Crippen LogP contribution in [-0.4, -0.2) is 26.1 Å². The summed E-state index contributed by atoms with van der Waals surface area (Å²) < 4.78 is 43.5. The number of pyridine rings is 1. The Kier molecular flexibility index (Phi) is 5.88. The number of aromatic nitrogens is 1. The summed E-state index contributed by atoms with van der Waals surface area (Å²) in [5, 5.41) is 0. The third-order valence-electron chi connectivity index (χ3n) is 3.23. The van der Waals surface area contributed by atoms with E-state index in [1.165, 1.54) is 36.5 Å². The fraction of sp³-hybridized carbons (Fsp3) is 0.188. The van der Waals surface area contributed by atoms with E-state index in [4.69, 9.17) is 10.5 Å². The number of hydrogen-bond acceptors (Lipinski definition) is 5. The molecule has 0 saturated carbocycles. The van der Waals surface area contributed by atoms with Crippen LogP contribution in [0.4, 0.5) is 4.39 Å². The Bertz CT molecular complexity index is 873. The van der Waals surface area contributed by atoms with Crippen molar-refractivity contribution in [2.75, 3.05) is 13.2 Å². The number of ether oxygens (including phenoxy) is 1. The van der Waals surface area contributed by atoms with Crippen molar-refractivity contribution in [2.24, 2.45) is 5.73 Å².